The van der Waals surface area contributed by atoms with Crippen molar-refractivity contribution in [2.45, 2.75) is 19.3 Å². The molecule has 0 amide bonds. The zero-order valence-electron chi connectivity index (χ0n) is 14.9. The third kappa shape index (κ3) is 3.28. The number of aryl methyl sites for hydroxylation is 1. The van der Waals surface area contributed by atoms with Crippen LogP contribution in [0.25, 0.3) is 0 Å². The minimum Gasteiger partial charge on any atom is -0.341 e. The van der Waals surface area contributed by atoms with Crippen LogP contribution in [-0.2, 0) is 6.42 Å². The summed E-state index contributed by atoms with van der Waals surface area (Å²) in [5.74, 6) is 1.53. The van der Waals surface area contributed by atoms with E-state index in [4.69, 9.17) is 5.26 Å². The molecule has 26 heavy (non-hydrogen) atoms. The lowest BCUT2D eigenvalue weighted by Crippen LogP contribution is -2.29. The summed E-state index contributed by atoms with van der Waals surface area (Å²) in [6.07, 6.45) is 16.6. The first kappa shape index (κ1) is 16.6. The zero-order chi connectivity index (χ0) is 17.8. The standard InChI is InChI=1S/C23H23N3/c24-14-16-26-17-15-25-23(26)22-11-4-2-7-20(22)13-12-19-9-5-8-18-6-1-3-10-21(18)19/h1-7,9-11,18H,8,12-13,15-17H2. The molecule has 3 nitrogen and oxygen atoms in total. The summed E-state index contributed by atoms with van der Waals surface area (Å²) in [5.41, 5.74) is 5.41. The van der Waals surface area contributed by atoms with Gasteiger partial charge in [-0.3, -0.25) is 4.99 Å². The maximum Gasteiger partial charge on any atom is 0.132 e. The van der Waals surface area contributed by atoms with Gasteiger partial charge in [0.15, 0.2) is 0 Å². The van der Waals surface area contributed by atoms with Crippen LogP contribution in [0.1, 0.15) is 24.0 Å². The summed E-state index contributed by atoms with van der Waals surface area (Å²) in [6.45, 7) is 2.03. The third-order valence-corrected chi connectivity index (χ3v) is 5.32. The quantitative estimate of drug-likeness (QED) is 0.753. The fourth-order valence-corrected chi connectivity index (χ4v) is 4.02. The Balaban J connectivity index is 1.56. The van der Waals surface area contributed by atoms with Gasteiger partial charge in [-0.05, 0) is 36.0 Å². The van der Waals surface area contributed by atoms with Gasteiger partial charge in [-0.1, -0.05) is 60.7 Å². The highest BCUT2D eigenvalue weighted by molar-refractivity contribution is 6.01. The van der Waals surface area contributed by atoms with E-state index in [1.807, 2.05) is 0 Å². The van der Waals surface area contributed by atoms with Crippen LogP contribution >= 0.6 is 0 Å². The van der Waals surface area contributed by atoms with Crippen LogP contribution in [0.4, 0.5) is 0 Å². The molecule has 0 radical (unpaired) electrons. The molecule has 1 aromatic carbocycles. The van der Waals surface area contributed by atoms with E-state index in [0.29, 0.717) is 12.5 Å². The largest absolute Gasteiger partial charge is 0.341 e. The Bertz CT molecular complexity index is 877. The lowest BCUT2D eigenvalue weighted by atomic mass is 9.82. The van der Waals surface area contributed by atoms with Gasteiger partial charge in [0.25, 0.3) is 0 Å². The smallest absolute Gasteiger partial charge is 0.132 e. The molecule has 3 aliphatic rings. The van der Waals surface area contributed by atoms with Crippen molar-refractivity contribution in [2.24, 2.45) is 10.9 Å². The molecule has 1 atom stereocenters. The van der Waals surface area contributed by atoms with Gasteiger partial charge in [0.1, 0.15) is 12.4 Å². The summed E-state index contributed by atoms with van der Waals surface area (Å²) in [5, 5.41) is 9.07. The Kier molecular flexibility index (Phi) is 4.84. The second-order valence-electron chi connectivity index (χ2n) is 6.91. The maximum atomic E-state index is 9.07. The van der Waals surface area contributed by atoms with Crippen LogP contribution in [0.3, 0.4) is 0 Å². The lowest BCUT2D eigenvalue weighted by Gasteiger charge is -2.23. The van der Waals surface area contributed by atoms with Gasteiger partial charge in [0, 0.05) is 18.0 Å². The molecule has 0 saturated heterocycles. The number of fused-ring (bicyclic) bond motifs is 1. The number of hydrogen-bond acceptors (Lipinski definition) is 3. The number of aliphatic imine (C=N–C) groups is 1. The molecule has 1 aliphatic heterocycles. The molecule has 0 saturated carbocycles. The summed E-state index contributed by atoms with van der Waals surface area (Å²) >= 11 is 0. The molecule has 2 aliphatic carbocycles. The molecule has 0 N–H and O–H groups in total. The van der Waals surface area contributed by atoms with E-state index in [1.165, 1.54) is 22.3 Å². The fraction of sp³-hybridized carbons (Fsp3) is 0.304. The molecule has 4 rings (SSSR count). The maximum absolute atomic E-state index is 9.07. The van der Waals surface area contributed by atoms with Crippen LogP contribution < -0.4 is 0 Å². The molecular formula is C23H23N3. The molecule has 3 heteroatoms. The Morgan fingerprint density at radius 2 is 2.08 bits per heavy atom. The van der Waals surface area contributed by atoms with E-state index >= 15 is 0 Å². The van der Waals surface area contributed by atoms with Crippen LogP contribution in [0.2, 0.25) is 0 Å². The van der Waals surface area contributed by atoms with Gasteiger partial charge in [0.2, 0.25) is 0 Å². The summed E-state index contributed by atoms with van der Waals surface area (Å²) < 4.78 is 0. The van der Waals surface area contributed by atoms with Gasteiger partial charge >= 0.3 is 0 Å². The number of rotatable bonds is 5. The van der Waals surface area contributed by atoms with Gasteiger partial charge in [-0.25, -0.2) is 0 Å². The molecular weight excluding hydrogens is 318 g/mol. The first-order valence-corrected chi connectivity index (χ1v) is 9.36. The first-order chi connectivity index (χ1) is 12.9. The van der Waals surface area contributed by atoms with Crippen molar-refractivity contribution in [2.75, 3.05) is 19.6 Å². The van der Waals surface area contributed by atoms with Crippen molar-refractivity contribution in [3.05, 3.63) is 83.0 Å². The van der Waals surface area contributed by atoms with E-state index in [2.05, 4.69) is 76.7 Å². The molecule has 1 aromatic rings. The molecule has 1 heterocycles. The Labute approximate surface area is 155 Å². The number of nitrogens with zero attached hydrogens (tertiary/aromatic N) is 3. The second-order valence-corrected chi connectivity index (χ2v) is 6.91. The fourth-order valence-electron chi connectivity index (χ4n) is 4.02. The zero-order valence-corrected chi connectivity index (χ0v) is 14.9. The second kappa shape index (κ2) is 7.58. The number of allylic oxidation sites excluding steroid dienone is 8. The van der Waals surface area contributed by atoms with Crippen molar-refractivity contribution >= 4 is 5.84 Å². The molecule has 0 spiro atoms. The molecule has 0 aromatic heterocycles. The molecule has 0 fully saturated rings. The number of benzene rings is 1. The topological polar surface area (TPSA) is 39.4 Å². The molecule has 0 bridgehead atoms. The Morgan fingerprint density at radius 1 is 1.15 bits per heavy atom. The van der Waals surface area contributed by atoms with Crippen LogP contribution in [-0.4, -0.2) is 30.4 Å². The number of hydrogen-bond donors (Lipinski definition) is 0. The minimum absolute atomic E-state index is 0.407. The normalized spacial score (nSPS) is 21.0. The monoisotopic (exact) mass is 341 g/mol. The van der Waals surface area contributed by atoms with Gasteiger partial charge in [0.05, 0.1) is 12.6 Å². The van der Waals surface area contributed by atoms with Crippen LogP contribution in [0.15, 0.2) is 76.9 Å². The highest BCUT2D eigenvalue weighted by Gasteiger charge is 2.21. The SMILES string of the molecule is N#CCN1CCN=C1c1ccccc1CCC1=C2C=CC=CC2CC=C1. The highest BCUT2D eigenvalue weighted by Crippen LogP contribution is 2.32. The Morgan fingerprint density at radius 3 is 3.00 bits per heavy atom. The van der Waals surface area contributed by atoms with E-state index < -0.39 is 0 Å². The number of amidine groups is 1. The summed E-state index contributed by atoms with van der Waals surface area (Å²) in [7, 11) is 0. The van der Waals surface area contributed by atoms with E-state index in [1.54, 1.807) is 0 Å². The van der Waals surface area contributed by atoms with Crippen molar-refractivity contribution in [1.82, 2.24) is 4.90 Å². The van der Waals surface area contributed by atoms with Crippen molar-refractivity contribution in [3.63, 3.8) is 0 Å². The summed E-state index contributed by atoms with van der Waals surface area (Å²) in [4.78, 5) is 6.76. The number of nitriles is 1. The highest BCUT2D eigenvalue weighted by atomic mass is 15.2. The lowest BCUT2D eigenvalue weighted by molar-refractivity contribution is 0.512. The average Bonchev–Trinajstić information content (AvgIpc) is 3.15. The van der Waals surface area contributed by atoms with Gasteiger partial charge < -0.3 is 4.90 Å². The Hall–Kier alpha value is -2.86. The van der Waals surface area contributed by atoms with Crippen molar-refractivity contribution in [1.29, 1.82) is 5.26 Å². The third-order valence-electron chi connectivity index (χ3n) is 5.32. The van der Waals surface area contributed by atoms with Crippen LogP contribution in [0.5, 0.6) is 0 Å². The molecule has 1 unspecified atom stereocenters. The minimum atomic E-state index is 0.407. The molecule has 130 valence electrons. The van der Waals surface area contributed by atoms with E-state index in [9.17, 15) is 0 Å². The van der Waals surface area contributed by atoms with E-state index in [-0.39, 0.29) is 0 Å². The average molecular weight is 341 g/mol. The van der Waals surface area contributed by atoms with Crippen LogP contribution in [0, 0.1) is 17.2 Å². The summed E-state index contributed by atoms with van der Waals surface area (Å²) in [6, 6.07) is 10.8. The van der Waals surface area contributed by atoms with Crippen molar-refractivity contribution in [3.8, 4) is 6.07 Å². The van der Waals surface area contributed by atoms with Gasteiger partial charge in [-0.2, -0.15) is 5.26 Å². The first-order valence-electron chi connectivity index (χ1n) is 9.36. The van der Waals surface area contributed by atoms with E-state index in [0.717, 1.165) is 38.2 Å². The van der Waals surface area contributed by atoms with Gasteiger partial charge in [-0.15, -0.1) is 0 Å². The van der Waals surface area contributed by atoms with Crippen molar-refractivity contribution < 1.29 is 0 Å². The predicted octanol–water partition coefficient (Wildman–Crippen LogP) is 4.20. The predicted molar refractivity (Wildman–Crippen MR) is 106 cm³/mol.